The van der Waals surface area contributed by atoms with Crippen molar-refractivity contribution in [2.75, 3.05) is 6.61 Å². The maximum Gasteiger partial charge on any atom is 0.422 e. The second kappa shape index (κ2) is 3.45. The first-order valence-electron chi connectivity index (χ1n) is 4.09. The van der Waals surface area contributed by atoms with Crippen LogP contribution in [-0.4, -0.2) is 17.9 Å². The molecule has 0 saturated carbocycles. The summed E-state index contributed by atoms with van der Waals surface area (Å²) in [5.41, 5.74) is 0.398. The van der Waals surface area contributed by atoms with Crippen LogP contribution in [0, 0.1) is 0 Å². The van der Waals surface area contributed by atoms with Gasteiger partial charge in [0.25, 0.3) is 0 Å². The van der Waals surface area contributed by atoms with Crippen molar-refractivity contribution in [1.29, 1.82) is 0 Å². The average Bonchev–Trinajstić information content (AvgIpc) is 2.61. The molecule has 1 heterocycles. The molecule has 0 aliphatic carbocycles. The van der Waals surface area contributed by atoms with E-state index in [1.807, 2.05) is 0 Å². The minimum Gasteiger partial charge on any atom is -0.483 e. The van der Waals surface area contributed by atoms with Gasteiger partial charge in [-0.2, -0.15) is 13.2 Å². The lowest BCUT2D eigenvalue weighted by Gasteiger charge is -2.08. The third kappa shape index (κ3) is 2.20. The number of hydrogen-bond donors (Lipinski definition) is 0. The van der Waals surface area contributed by atoms with Crippen molar-refractivity contribution in [2.24, 2.45) is 0 Å². The van der Waals surface area contributed by atoms with E-state index in [1.165, 1.54) is 12.3 Å². The number of aromatic nitrogens is 1. The summed E-state index contributed by atoms with van der Waals surface area (Å²) in [6.45, 7) is -1.32. The molecule has 0 aliphatic heterocycles. The van der Waals surface area contributed by atoms with Crippen LogP contribution in [0.5, 0.6) is 5.75 Å². The molecule has 0 atom stereocenters. The van der Waals surface area contributed by atoms with Crippen LogP contribution in [0.1, 0.15) is 0 Å². The third-order valence-corrected chi connectivity index (χ3v) is 1.75. The highest BCUT2D eigenvalue weighted by Gasteiger charge is 2.28. The Morgan fingerprint density at radius 2 is 2.13 bits per heavy atom. The Kier molecular flexibility index (Phi) is 2.26. The minimum absolute atomic E-state index is 0.117. The van der Waals surface area contributed by atoms with Crippen LogP contribution in [0.15, 0.2) is 28.9 Å². The summed E-state index contributed by atoms with van der Waals surface area (Å²) in [5, 5.41) is 3.90. The van der Waals surface area contributed by atoms with Crippen molar-refractivity contribution in [3.05, 3.63) is 24.4 Å². The van der Waals surface area contributed by atoms with Crippen LogP contribution >= 0.6 is 0 Å². The van der Waals surface area contributed by atoms with Crippen molar-refractivity contribution >= 4 is 11.0 Å². The molecule has 0 unspecified atom stereocenters. The summed E-state index contributed by atoms with van der Waals surface area (Å²) in [6, 6.07) is 4.58. The van der Waals surface area contributed by atoms with Crippen LogP contribution in [-0.2, 0) is 0 Å². The van der Waals surface area contributed by atoms with E-state index < -0.39 is 12.8 Å². The fourth-order valence-electron chi connectivity index (χ4n) is 1.15. The fourth-order valence-corrected chi connectivity index (χ4v) is 1.15. The van der Waals surface area contributed by atoms with E-state index in [-0.39, 0.29) is 5.75 Å². The van der Waals surface area contributed by atoms with E-state index in [1.54, 1.807) is 12.1 Å². The number of nitrogens with zero attached hydrogens (tertiary/aromatic N) is 1. The average molecular weight is 217 g/mol. The number of benzene rings is 1. The van der Waals surface area contributed by atoms with Gasteiger partial charge in [-0.25, -0.2) is 0 Å². The Labute approximate surface area is 82.4 Å². The molecule has 1 aromatic heterocycles. The fraction of sp³-hybridized carbons (Fsp3) is 0.222. The predicted molar refractivity (Wildman–Crippen MR) is 45.6 cm³/mol. The molecule has 80 valence electrons. The number of ether oxygens (including phenoxy) is 1. The van der Waals surface area contributed by atoms with Gasteiger partial charge in [0.15, 0.2) is 12.2 Å². The molecule has 0 aliphatic rings. The first-order chi connectivity index (χ1) is 7.06. The Balaban J connectivity index is 2.24. The molecule has 3 nitrogen and oxygen atoms in total. The molecule has 0 amide bonds. The topological polar surface area (TPSA) is 35.3 Å². The van der Waals surface area contributed by atoms with Crippen molar-refractivity contribution < 1.29 is 22.4 Å². The van der Waals surface area contributed by atoms with Crippen LogP contribution in [0.25, 0.3) is 11.0 Å². The SMILES string of the molecule is FC(F)(F)COc1cccc2oncc12. The first kappa shape index (κ1) is 9.82. The lowest BCUT2D eigenvalue weighted by atomic mass is 10.2. The maximum atomic E-state index is 11.9. The van der Waals surface area contributed by atoms with Gasteiger partial charge >= 0.3 is 6.18 Å². The Morgan fingerprint density at radius 1 is 1.33 bits per heavy atom. The smallest absolute Gasteiger partial charge is 0.422 e. The molecular weight excluding hydrogens is 211 g/mol. The second-order valence-corrected chi connectivity index (χ2v) is 2.90. The lowest BCUT2D eigenvalue weighted by molar-refractivity contribution is -0.153. The van der Waals surface area contributed by atoms with Gasteiger partial charge in [0.05, 0.1) is 11.6 Å². The molecule has 0 saturated heterocycles. The standard InChI is InChI=1S/C9H6F3NO2/c10-9(11,12)5-14-7-2-1-3-8-6(7)4-13-15-8/h1-4H,5H2. The quantitative estimate of drug-likeness (QED) is 0.775. The van der Waals surface area contributed by atoms with Crippen LogP contribution in [0.3, 0.4) is 0 Å². The Morgan fingerprint density at radius 3 is 2.87 bits per heavy atom. The van der Waals surface area contributed by atoms with Crippen molar-refractivity contribution in [2.45, 2.75) is 6.18 Å². The molecular formula is C9H6F3NO2. The summed E-state index contributed by atoms with van der Waals surface area (Å²) in [5.74, 6) is 0.117. The third-order valence-electron chi connectivity index (χ3n) is 1.75. The van der Waals surface area contributed by atoms with Gasteiger partial charge in [0, 0.05) is 0 Å². The van der Waals surface area contributed by atoms with Crippen LogP contribution in [0.2, 0.25) is 0 Å². The van der Waals surface area contributed by atoms with Crippen LogP contribution in [0.4, 0.5) is 13.2 Å². The number of halogens is 3. The van der Waals surface area contributed by atoms with Crippen molar-refractivity contribution in [1.82, 2.24) is 5.16 Å². The highest BCUT2D eigenvalue weighted by Crippen LogP contribution is 2.26. The Bertz CT molecular complexity index is 464. The molecule has 0 spiro atoms. The highest BCUT2D eigenvalue weighted by molar-refractivity contribution is 5.82. The van der Waals surface area contributed by atoms with Gasteiger partial charge in [0.1, 0.15) is 5.75 Å². The summed E-state index contributed by atoms with van der Waals surface area (Å²) in [7, 11) is 0. The van der Waals surface area contributed by atoms with E-state index in [4.69, 9.17) is 4.52 Å². The van der Waals surface area contributed by atoms with Gasteiger partial charge < -0.3 is 9.26 Å². The molecule has 0 N–H and O–H groups in total. The summed E-state index contributed by atoms with van der Waals surface area (Å²) in [6.07, 6.45) is -3.03. The van der Waals surface area contributed by atoms with Crippen LogP contribution < -0.4 is 4.74 Å². The van der Waals surface area contributed by atoms with E-state index in [2.05, 4.69) is 9.89 Å². The minimum atomic E-state index is -4.35. The summed E-state index contributed by atoms with van der Waals surface area (Å²) < 4.78 is 45.1. The molecule has 15 heavy (non-hydrogen) atoms. The van der Waals surface area contributed by atoms with E-state index >= 15 is 0 Å². The number of hydrogen-bond acceptors (Lipinski definition) is 3. The predicted octanol–water partition coefficient (Wildman–Crippen LogP) is 2.77. The first-order valence-corrected chi connectivity index (χ1v) is 4.09. The molecule has 6 heteroatoms. The molecule has 0 bridgehead atoms. The summed E-state index contributed by atoms with van der Waals surface area (Å²) >= 11 is 0. The molecule has 0 radical (unpaired) electrons. The van der Waals surface area contributed by atoms with Gasteiger partial charge in [-0.1, -0.05) is 11.2 Å². The number of alkyl halides is 3. The highest BCUT2D eigenvalue weighted by atomic mass is 19.4. The van der Waals surface area contributed by atoms with Crippen molar-refractivity contribution in [3.8, 4) is 5.75 Å². The second-order valence-electron chi connectivity index (χ2n) is 2.90. The number of rotatable bonds is 2. The number of fused-ring (bicyclic) bond motifs is 1. The lowest BCUT2D eigenvalue weighted by Crippen LogP contribution is -2.19. The molecule has 0 fully saturated rings. The van der Waals surface area contributed by atoms with Gasteiger partial charge in [-0.15, -0.1) is 0 Å². The zero-order valence-corrected chi connectivity index (χ0v) is 7.41. The normalized spacial score (nSPS) is 11.9. The van der Waals surface area contributed by atoms with E-state index in [0.29, 0.717) is 11.0 Å². The van der Waals surface area contributed by atoms with E-state index in [0.717, 1.165) is 0 Å². The zero-order chi connectivity index (χ0) is 10.9. The largest absolute Gasteiger partial charge is 0.483 e. The maximum absolute atomic E-state index is 11.9. The zero-order valence-electron chi connectivity index (χ0n) is 7.41. The van der Waals surface area contributed by atoms with Crippen molar-refractivity contribution in [3.63, 3.8) is 0 Å². The molecule has 2 aromatic rings. The van der Waals surface area contributed by atoms with Gasteiger partial charge in [-0.05, 0) is 12.1 Å². The monoisotopic (exact) mass is 217 g/mol. The van der Waals surface area contributed by atoms with E-state index in [9.17, 15) is 13.2 Å². The van der Waals surface area contributed by atoms with Gasteiger partial charge in [-0.3, -0.25) is 0 Å². The van der Waals surface area contributed by atoms with Gasteiger partial charge in [0.2, 0.25) is 0 Å². The summed E-state index contributed by atoms with van der Waals surface area (Å²) in [4.78, 5) is 0. The molecule has 2 rings (SSSR count). The Hall–Kier alpha value is -1.72. The molecule has 1 aromatic carbocycles.